The molecule has 3 heteroatoms. The van der Waals surface area contributed by atoms with Gasteiger partial charge in [-0.3, -0.25) is 4.90 Å². The Morgan fingerprint density at radius 1 is 1.50 bits per heavy atom. The molecule has 0 unspecified atom stereocenters. The van der Waals surface area contributed by atoms with Crippen LogP contribution in [0.2, 0.25) is 0 Å². The summed E-state index contributed by atoms with van der Waals surface area (Å²) in [5, 5.41) is 8.80. The maximum Gasteiger partial charge on any atom is 0.0594 e. The van der Waals surface area contributed by atoms with Crippen molar-refractivity contribution in [3.05, 3.63) is 0 Å². The van der Waals surface area contributed by atoms with Crippen LogP contribution in [0.15, 0.2) is 0 Å². The van der Waals surface area contributed by atoms with Crippen LogP contribution in [0.5, 0.6) is 0 Å². The molecule has 1 aliphatic rings. The van der Waals surface area contributed by atoms with Crippen molar-refractivity contribution in [2.45, 2.75) is 13.0 Å². The third kappa shape index (κ3) is 1.94. The van der Waals surface area contributed by atoms with E-state index in [1.54, 1.807) is 0 Å². The van der Waals surface area contributed by atoms with E-state index in [4.69, 9.17) is 9.84 Å². The molecule has 1 aliphatic heterocycles. The zero-order valence-corrected chi connectivity index (χ0v) is 6.42. The van der Waals surface area contributed by atoms with Crippen molar-refractivity contribution in [3.63, 3.8) is 0 Å². The molecule has 1 saturated heterocycles. The fraction of sp³-hybridized carbons (Fsp3) is 1.00. The van der Waals surface area contributed by atoms with Crippen molar-refractivity contribution in [2.24, 2.45) is 0 Å². The van der Waals surface area contributed by atoms with Gasteiger partial charge in [0.25, 0.3) is 0 Å². The molecule has 1 fully saturated rings. The summed E-state index contributed by atoms with van der Waals surface area (Å²) in [5.74, 6) is 0. The Bertz CT molecular complexity index is 91.6. The molecule has 1 heterocycles. The second-order valence-corrected chi connectivity index (χ2v) is 2.68. The minimum Gasteiger partial charge on any atom is -0.395 e. The van der Waals surface area contributed by atoms with Gasteiger partial charge in [0.2, 0.25) is 0 Å². The minimum absolute atomic E-state index is 0.250. The predicted molar refractivity (Wildman–Crippen MR) is 38.9 cm³/mol. The number of hydrogen-bond donors (Lipinski definition) is 1. The summed E-state index contributed by atoms with van der Waals surface area (Å²) in [6, 6.07) is 0.295. The third-order valence-corrected chi connectivity index (χ3v) is 1.93. The zero-order chi connectivity index (χ0) is 7.40. The lowest BCUT2D eigenvalue weighted by Crippen LogP contribution is -2.43. The van der Waals surface area contributed by atoms with Crippen LogP contribution < -0.4 is 0 Å². The lowest BCUT2D eigenvalue weighted by atomic mass is 10.3. The maximum absolute atomic E-state index is 8.80. The molecule has 0 aromatic rings. The molecular formula is C7H15NO2. The zero-order valence-electron chi connectivity index (χ0n) is 6.42. The lowest BCUT2D eigenvalue weighted by Gasteiger charge is -2.30. The number of ether oxygens (including phenoxy) is 1. The van der Waals surface area contributed by atoms with E-state index in [0.717, 1.165) is 26.3 Å². The topological polar surface area (TPSA) is 32.7 Å². The van der Waals surface area contributed by atoms with Gasteiger partial charge in [-0.2, -0.15) is 0 Å². The maximum atomic E-state index is 8.80. The molecule has 60 valence electrons. The largest absolute Gasteiger partial charge is 0.395 e. The summed E-state index contributed by atoms with van der Waals surface area (Å²) < 4.78 is 5.17. The first-order valence-corrected chi connectivity index (χ1v) is 3.77. The smallest absolute Gasteiger partial charge is 0.0594 e. The van der Waals surface area contributed by atoms with Crippen LogP contribution in [0.25, 0.3) is 0 Å². The monoisotopic (exact) mass is 145 g/mol. The average molecular weight is 145 g/mol. The van der Waals surface area contributed by atoms with Crippen LogP contribution in [0.3, 0.4) is 0 Å². The van der Waals surface area contributed by atoms with Gasteiger partial charge in [-0.15, -0.1) is 0 Å². The second kappa shape index (κ2) is 3.91. The Labute approximate surface area is 61.6 Å². The summed E-state index contributed by atoms with van der Waals surface area (Å²) in [6.07, 6.45) is 0. The summed E-state index contributed by atoms with van der Waals surface area (Å²) in [5.41, 5.74) is 0. The number of hydrogen-bond acceptors (Lipinski definition) is 3. The first kappa shape index (κ1) is 7.98. The van der Waals surface area contributed by atoms with E-state index in [1.165, 1.54) is 0 Å². The number of nitrogens with zero attached hydrogens (tertiary/aromatic N) is 1. The minimum atomic E-state index is 0.250. The van der Waals surface area contributed by atoms with Crippen molar-refractivity contribution < 1.29 is 9.84 Å². The van der Waals surface area contributed by atoms with Gasteiger partial charge >= 0.3 is 0 Å². The Balaban J connectivity index is 2.24. The van der Waals surface area contributed by atoms with Crippen molar-refractivity contribution in [2.75, 3.05) is 32.9 Å². The quantitative estimate of drug-likeness (QED) is 0.579. The van der Waals surface area contributed by atoms with Gasteiger partial charge in [-0.1, -0.05) is 0 Å². The molecule has 0 amide bonds. The van der Waals surface area contributed by atoms with Gasteiger partial charge in [0.05, 0.1) is 19.8 Å². The van der Waals surface area contributed by atoms with Crippen LogP contribution in [-0.4, -0.2) is 49.0 Å². The molecule has 1 atom stereocenters. The molecule has 1 rings (SSSR count). The fourth-order valence-corrected chi connectivity index (χ4v) is 1.13. The molecule has 0 aliphatic carbocycles. The van der Waals surface area contributed by atoms with Crippen molar-refractivity contribution >= 4 is 0 Å². The third-order valence-electron chi connectivity index (χ3n) is 1.93. The Kier molecular flexibility index (Phi) is 3.12. The van der Waals surface area contributed by atoms with Crippen molar-refractivity contribution in [3.8, 4) is 0 Å². The molecule has 1 N–H and O–H groups in total. The van der Waals surface area contributed by atoms with Crippen molar-refractivity contribution in [1.82, 2.24) is 4.90 Å². The summed E-state index contributed by atoms with van der Waals surface area (Å²) >= 11 is 0. The van der Waals surface area contributed by atoms with Gasteiger partial charge < -0.3 is 9.84 Å². The first-order valence-electron chi connectivity index (χ1n) is 3.77. The van der Waals surface area contributed by atoms with Gasteiger partial charge in [0.1, 0.15) is 0 Å². The first-order chi connectivity index (χ1) is 4.84. The van der Waals surface area contributed by atoms with E-state index in [-0.39, 0.29) is 6.61 Å². The number of morpholine rings is 1. The molecule has 0 spiro atoms. The van der Waals surface area contributed by atoms with Gasteiger partial charge in [-0.25, -0.2) is 0 Å². The molecule has 0 saturated carbocycles. The van der Waals surface area contributed by atoms with Gasteiger partial charge in [0.15, 0.2) is 0 Å². The summed E-state index contributed by atoms with van der Waals surface area (Å²) in [4.78, 5) is 2.24. The average Bonchev–Trinajstić information content (AvgIpc) is 2.05. The molecule has 10 heavy (non-hydrogen) atoms. The predicted octanol–water partition coefficient (Wildman–Crippen LogP) is -0.301. The molecule has 0 aromatic carbocycles. The number of rotatable bonds is 2. The second-order valence-electron chi connectivity index (χ2n) is 2.68. The Hall–Kier alpha value is -0.120. The van der Waals surface area contributed by atoms with Crippen LogP contribution in [-0.2, 0) is 4.74 Å². The highest BCUT2D eigenvalue weighted by atomic mass is 16.5. The highest BCUT2D eigenvalue weighted by Gasteiger charge is 2.15. The fourth-order valence-electron chi connectivity index (χ4n) is 1.13. The van der Waals surface area contributed by atoms with E-state index in [1.807, 2.05) is 6.92 Å². The van der Waals surface area contributed by atoms with Crippen LogP contribution in [0, 0.1) is 0 Å². The number of aliphatic hydroxyl groups excluding tert-OH is 1. The van der Waals surface area contributed by atoms with E-state index in [0.29, 0.717) is 6.04 Å². The number of aliphatic hydroxyl groups is 1. The lowest BCUT2D eigenvalue weighted by molar-refractivity contribution is 0.00797. The molecule has 0 radical (unpaired) electrons. The van der Waals surface area contributed by atoms with Gasteiger partial charge in [0, 0.05) is 19.1 Å². The van der Waals surface area contributed by atoms with E-state index >= 15 is 0 Å². The van der Waals surface area contributed by atoms with Crippen LogP contribution >= 0.6 is 0 Å². The normalized spacial score (nSPS) is 24.6. The highest BCUT2D eigenvalue weighted by Crippen LogP contribution is 2.01. The van der Waals surface area contributed by atoms with Crippen molar-refractivity contribution in [1.29, 1.82) is 0 Å². The Morgan fingerprint density at radius 2 is 2.10 bits per heavy atom. The van der Waals surface area contributed by atoms with E-state index < -0.39 is 0 Å². The Morgan fingerprint density at radius 3 is 2.60 bits per heavy atom. The molecule has 0 aromatic heterocycles. The van der Waals surface area contributed by atoms with Crippen LogP contribution in [0.4, 0.5) is 0 Å². The van der Waals surface area contributed by atoms with E-state index in [9.17, 15) is 0 Å². The summed E-state index contributed by atoms with van der Waals surface area (Å²) in [6.45, 7) is 5.82. The molecular weight excluding hydrogens is 130 g/mol. The molecule has 0 bridgehead atoms. The SMILES string of the molecule is C[C@@H](CO)N1CCOCC1. The standard InChI is InChI=1S/C7H15NO2/c1-7(6-9)8-2-4-10-5-3-8/h7,9H,2-6H2,1H3/t7-/m0/s1. The van der Waals surface area contributed by atoms with Crippen LogP contribution in [0.1, 0.15) is 6.92 Å². The summed E-state index contributed by atoms with van der Waals surface area (Å²) in [7, 11) is 0. The van der Waals surface area contributed by atoms with E-state index in [2.05, 4.69) is 4.90 Å². The van der Waals surface area contributed by atoms with Gasteiger partial charge in [-0.05, 0) is 6.92 Å². The molecule has 3 nitrogen and oxygen atoms in total. The highest BCUT2D eigenvalue weighted by molar-refractivity contribution is 4.68.